The van der Waals surface area contributed by atoms with Crippen molar-refractivity contribution < 1.29 is 32.2 Å². The van der Waals surface area contributed by atoms with Gasteiger partial charge in [-0.3, -0.25) is 4.57 Å². The summed E-state index contributed by atoms with van der Waals surface area (Å²) in [6.45, 7) is 19.9. The molecule has 0 unspecified atom stereocenters. The van der Waals surface area contributed by atoms with E-state index in [0.29, 0.717) is 85.6 Å². The van der Waals surface area contributed by atoms with E-state index in [-0.39, 0.29) is 104 Å². The average Bonchev–Trinajstić information content (AvgIpc) is 1.64. The van der Waals surface area contributed by atoms with Gasteiger partial charge in [-0.1, -0.05) is 214 Å². The van der Waals surface area contributed by atoms with Crippen molar-refractivity contribution in [2.75, 3.05) is 16.5 Å². The van der Waals surface area contributed by atoms with E-state index < -0.39 is 112 Å². The van der Waals surface area contributed by atoms with Crippen LogP contribution in [0.1, 0.15) is 132 Å². The van der Waals surface area contributed by atoms with Crippen LogP contribution in [0.4, 0.5) is 22.7 Å². The Kier molecular flexibility index (Phi) is 9.06. The van der Waals surface area contributed by atoms with Crippen LogP contribution in [0.5, 0.6) is 11.5 Å². The zero-order valence-corrected chi connectivity index (χ0v) is 50.4. The number of anilines is 4. The van der Waals surface area contributed by atoms with Crippen LogP contribution in [0.3, 0.4) is 0 Å². The zero-order chi connectivity index (χ0) is 77.4. The smallest absolute Gasteiger partial charge is 0.137 e. The number of rotatable bonds is 10. The number of hydrogen-bond acceptors (Lipinski definition) is 4. The van der Waals surface area contributed by atoms with E-state index in [1.54, 1.807) is 65.2 Å². The maximum Gasteiger partial charge on any atom is 0.137 e. The van der Waals surface area contributed by atoms with Crippen molar-refractivity contribution >= 4 is 44.6 Å². The lowest BCUT2D eigenvalue weighted by Crippen LogP contribution is -2.33. The summed E-state index contributed by atoms with van der Waals surface area (Å²) in [6, 6.07) is 25.6. The van der Waals surface area contributed by atoms with Crippen LogP contribution in [0, 0.1) is 0 Å². The van der Waals surface area contributed by atoms with Gasteiger partial charge in [-0.25, -0.2) is 4.98 Å². The third-order valence-corrected chi connectivity index (χ3v) is 17.1. The SMILES string of the molecule is [2H]c1c([2H])c([2H])c(-c2cnc(-n3c4cc(Oc5cccc(N6CN(c7c(-c8c([2H])c(-c9ccccc9)c([2H])c(-c9c([2H])c([2H])c([2H])c([2H])c9[2H])c8[2H])cc(C(C)(C)C)cc7-c7c([2H])c([2H])c8c(c7[2H])C(C)(C)CCC8(C)C)c7ccccc76)c5)ccc4c4c([2H])c([2H])c([2H])c([2H])c43)cc2C(C)(C)C)c([2H])c1[2H]. The molecular formula is C82H76N4O. The predicted molar refractivity (Wildman–Crippen MR) is 367 cm³/mol. The van der Waals surface area contributed by atoms with Crippen LogP contribution in [-0.4, -0.2) is 16.2 Å². The van der Waals surface area contributed by atoms with E-state index in [1.165, 1.54) is 6.20 Å². The molecule has 0 amide bonds. The molecule has 12 aromatic rings. The standard InChI is InChI=1S/C82H76N4O/c1-79(2,3)61-47-67(57-37-40-70-72(46-57)82(9,10)42-41-81(70,7)8)78(68(48-61)60-44-58(54-25-14-11-15-26-54)43-59(45-60)55-27-16-12-17-28-55)85-53-84(74-35-22-23-36-75(74)85)62-31-24-32-63(49-62)87-64-38-39-66-65-33-20-21-34-73(65)86(76(66)50-64)77-51-71(80(4,5)6)69(52-83-77)56-29-18-13-19-30-56/h11-40,43-52H,41-42,53H2,1-10H3/i11D,13D,14D,15D,18D,19D,20D,21D,25D,26D,29D,30D,33D,34D,37D,40D,43D,44D,45D,46D. The second-order valence-corrected chi connectivity index (χ2v) is 26.0. The summed E-state index contributed by atoms with van der Waals surface area (Å²) in [5.74, 6) is 0.842. The predicted octanol–water partition coefficient (Wildman–Crippen LogP) is 22.5. The lowest BCUT2D eigenvalue weighted by atomic mass is 9.63. The first-order valence-electron chi connectivity index (χ1n) is 39.4. The van der Waals surface area contributed by atoms with E-state index in [2.05, 4.69) is 13.8 Å². The van der Waals surface area contributed by atoms with Gasteiger partial charge in [0.2, 0.25) is 0 Å². The summed E-state index contributed by atoms with van der Waals surface area (Å²) in [5.41, 5.74) is 3.03. The van der Waals surface area contributed by atoms with Crippen LogP contribution in [0.2, 0.25) is 0 Å². The minimum Gasteiger partial charge on any atom is -0.457 e. The van der Waals surface area contributed by atoms with Crippen molar-refractivity contribution in [3.05, 3.63) is 265 Å². The topological polar surface area (TPSA) is 33.5 Å². The monoisotopic (exact) mass is 1150 g/mol. The molecule has 2 aromatic heterocycles. The first kappa shape index (κ1) is 37.2. The Morgan fingerprint density at radius 1 is 0.460 bits per heavy atom. The van der Waals surface area contributed by atoms with Crippen LogP contribution in [0.15, 0.2) is 242 Å². The van der Waals surface area contributed by atoms with Gasteiger partial charge in [0.25, 0.3) is 0 Å². The molecule has 0 spiro atoms. The van der Waals surface area contributed by atoms with Gasteiger partial charge in [0, 0.05) is 51.5 Å². The highest BCUT2D eigenvalue weighted by molar-refractivity contribution is 6.09. The van der Waals surface area contributed by atoms with Crippen molar-refractivity contribution in [2.24, 2.45) is 0 Å². The Balaban J connectivity index is 0.984. The molecule has 0 saturated carbocycles. The van der Waals surface area contributed by atoms with Crippen LogP contribution in [0.25, 0.3) is 83.3 Å². The molecule has 5 nitrogen and oxygen atoms in total. The maximum atomic E-state index is 10.6. The number of para-hydroxylation sites is 3. The zero-order valence-electron chi connectivity index (χ0n) is 70.4. The number of benzene rings is 10. The molecule has 1 aliphatic heterocycles. The van der Waals surface area contributed by atoms with E-state index in [1.807, 2.05) is 120 Å². The Bertz CT molecular complexity index is 5780. The van der Waals surface area contributed by atoms with Crippen molar-refractivity contribution in [1.29, 1.82) is 0 Å². The fraction of sp³-hybridized carbons (Fsp3) is 0.207. The largest absolute Gasteiger partial charge is 0.457 e. The molecule has 14 rings (SSSR count). The Morgan fingerprint density at radius 3 is 1.79 bits per heavy atom. The average molecular weight is 1150 g/mol. The van der Waals surface area contributed by atoms with Crippen molar-refractivity contribution in [1.82, 2.24) is 9.55 Å². The molecule has 0 saturated heterocycles. The number of fused-ring (bicyclic) bond motifs is 5. The summed E-state index contributed by atoms with van der Waals surface area (Å²) in [6.07, 6.45) is 2.82. The molecule has 0 radical (unpaired) electrons. The highest BCUT2D eigenvalue weighted by Crippen LogP contribution is 2.54. The van der Waals surface area contributed by atoms with Gasteiger partial charge in [-0.05, 0) is 174 Å². The number of pyridine rings is 1. The quantitative estimate of drug-likeness (QED) is 0.137. The molecule has 430 valence electrons. The van der Waals surface area contributed by atoms with E-state index in [4.69, 9.17) is 23.4 Å². The molecule has 5 heteroatoms. The van der Waals surface area contributed by atoms with Gasteiger partial charge in [-0.15, -0.1) is 0 Å². The highest BCUT2D eigenvalue weighted by atomic mass is 16.5. The van der Waals surface area contributed by atoms with Crippen molar-refractivity contribution in [3.63, 3.8) is 0 Å². The van der Waals surface area contributed by atoms with Gasteiger partial charge >= 0.3 is 0 Å². The lowest BCUT2D eigenvalue weighted by Gasteiger charge is -2.42. The summed E-state index contributed by atoms with van der Waals surface area (Å²) in [5, 5.41) is 0.647. The summed E-state index contributed by atoms with van der Waals surface area (Å²) in [4.78, 5) is 8.90. The van der Waals surface area contributed by atoms with Crippen molar-refractivity contribution in [3.8, 4) is 73.0 Å². The van der Waals surface area contributed by atoms with Crippen LogP contribution >= 0.6 is 0 Å². The molecule has 1 aliphatic carbocycles. The van der Waals surface area contributed by atoms with Crippen LogP contribution < -0.4 is 14.5 Å². The molecule has 0 N–H and O–H groups in total. The third kappa shape index (κ3) is 10.2. The second-order valence-electron chi connectivity index (χ2n) is 26.0. The first-order valence-corrected chi connectivity index (χ1v) is 29.4. The number of ether oxygens (including phenoxy) is 1. The molecule has 0 bridgehead atoms. The van der Waals surface area contributed by atoms with Gasteiger partial charge in [0.1, 0.15) is 24.0 Å². The molecule has 87 heavy (non-hydrogen) atoms. The van der Waals surface area contributed by atoms with Gasteiger partial charge in [0.05, 0.1) is 55.5 Å². The molecular weight excluding hydrogens is 1060 g/mol. The van der Waals surface area contributed by atoms with E-state index in [0.717, 1.165) is 0 Å². The molecule has 0 atom stereocenters. The van der Waals surface area contributed by atoms with Crippen molar-refractivity contribution in [2.45, 2.75) is 104 Å². The van der Waals surface area contributed by atoms with E-state index >= 15 is 0 Å². The Hall–Kier alpha value is -9.45. The minimum atomic E-state index is -0.746. The Labute approximate surface area is 542 Å². The van der Waals surface area contributed by atoms with Gasteiger partial charge in [0.15, 0.2) is 0 Å². The fourth-order valence-corrected chi connectivity index (χ4v) is 12.3. The first-order chi connectivity index (χ1) is 50.2. The van der Waals surface area contributed by atoms with E-state index in [9.17, 15) is 13.7 Å². The normalized spacial score (nSPS) is 17.8. The summed E-state index contributed by atoms with van der Waals surface area (Å²) >= 11 is 0. The summed E-state index contributed by atoms with van der Waals surface area (Å²) < 4.78 is 195. The third-order valence-electron chi connectivity index (χ3n) is 17.1. The van der Waals surface area contributed by atoms with Gasteiger partial charge < -0.3 is 14.5 Å². The molecule has 10 aromatic carbocycles. The Morgan fingerprint density at radius 2 is 1.08 bits per heavy atom. The number of hydrogen-bond donors (Lipinski definition) is 0. The second kappa shape index (κ2) is 21.2. The molecule has 2 aliphatic rings. The lowest BCUT2D eigenvalue weighted by molar-refractivity contribution is 0.332. The molecule has 0 fully saturated rings. The van der Waals surface area contributed by atoms with Crippen LogP contribution in [-0.2, 0) is 21.7 Å². The number of aromatic nitrogens is 2. The highest BCUT2D eigenvalue weighted by Gasteiger charge is 2.39. The van der Waals surface area contributed by atoms with Gasteiger partial charge in [-0.2, -0.15) is 0 Å². The summed E-state index contributed by atoms with van der Waals surface area (Å²) in [7, 11) is 0. The maximum absolute atomic E-state index is 10.6. The fourth-order valence-electron chi connectivity index (χ4n) is 12.3. The molecule has 3 heterocycles. The number of nitrogens with zero attached hydrogens (tertiary/aromatic N) is 4. The minimum absolute atomic E-state index is 0.0141.